The van der Waals surface area contributed by atoms with Crippen LogP contribution >= 0.6 is 0 Å². The van der Waals surface area contributed by atoms with Gasteiger partial charge in [0.1, 0.15) is 5.76 Å². The van der Waals surface area contributed by atoms with Crippen LogP contribution in [0.3, 0.4) is 0 Å². The van der Waals surface area contributed by atoms with E-state index in [1.54, 1.807) is 13.0 Å². The van der Waals surface area contributed by atoms with Crippen LogP contribution in [0, 0.1) is 6.92 Å². The van der Waals surface area contributed by atoms with Gasteiger partial charge in [-0.15, -0.1) is 0 Å². The Morgan fingerprint density at radius 3 is 2.92 bits per heavy atom. The Hall–Kier alpha value is -3.15. The quantitative estimate of drug-likeness (QED) is 0.602. The van der Waals surface area contributed by atoms with Crippen LogP contribution in [0.25, 0.3) is 21.8 Å². The zero-order chi connectivity index (χ0) is 16.5. The van der Waals surface area contributed by atoms with Gasteiger partial charge in [-0.05, 0) is 25.5 Å². The van der Waals surface area contributed by atoms with Crippen molar-refractivity contribution in [2.75, 3.05) is 5.32 Å². The van der Waals surface area contributed by atoms with E-state index in [-0.39, 0.29) is 5.91 Å². The van der Waals surface area contributed by atoms with E-state index in [2.05, 4.69) is 26.5 Å². The lowest BCUT2D eigenvalue weighted by atomic mass is 10.1. The maximum atomic E-state index is 12.0. The van der Waals surface area contributed by atoms with Gasteiger partial charge >= 0.3 is 0 Å². The molecule has 1 amide bonds. The van der Waals surface area contributed by atoms with Crippen molar-refractivity contribution in [3.63, 3.8) is 0 Å². The van der Waals surface area contributed by atoms with Crippen molar-refractivity contribution in [1.29, 1.82) is 0 Å². The van der Waals surface area contributed by atoms with Gasteiger partial charge < -0.3 is 14.8 Å². The van der Waals surface area contributed by atoms with Crippen LogP contribution in [0.1, 0.15) is 17.9 Å². The van der Waals surface area contributed by atoms with E-state index in [4.69, 9.17) is 4.52 Å². The number of rotatable bonds is 4. The van der Waals surface area contributed by atoms with Crippen molar-refractivity contribution in [2.24, 2.45) is 0 Å². The summed E-state index contributed by atoms with van der Waals surface area (Å²) in [4.78, 5) is 19.8. The fourth-order valence-corrected chi connectivity index (χ4v) is 2.80. The van der Waals surface area contributed by atoms with E-state index >= 15 is 0 Å². The lowest BCUT2D eigenvalue weighted by molar-refractivity contribution is -0.116. The van der Waals surface area contributed by atoms with Gasteiger partial charge in [-0.3, -0.25) is 9.78 Å². The summed E-state index contributed by atoms with van der Waals surface area (Å²) in [5.41, 5.74) is 2.98. The van der Waals surface area contributed by atoms with E-state index < -0.39 is 0 Å². The van der Waals surface area contributed by atoms with Crippen molar-refractivity contribution in [2.45, 2.75) is 19.8 Å². The molecule has 1 aromatic carbocycles. The molecule has 0 radical (unpaired) electrons. The molecule has 0 aliphatic carbocycles. The summed E-state index contributed by atoms with van der Waals surface area (Å²) in [6.07, 6.45) is 2.73. The normalized spacial score (nSPS) is 11.2. The average Bonchev–Trinajstić information content (AvgIpc) is 3.16. The molecular weight excluding hydrogens is 304 g/mol. The molecule has 0 saturated carbocycles. The number of H-pyrrole nitrogens is 1. The van der Waals surface area contributed by atoms with Gasteiger partial charge in [0.25, 0.3) is 0 Å². The smallest absolute Gasteiger partial charge is 0.226 e. The summed E-state index contributed by atoms with van der Waals surface area (Å²) in [5, 5.41) is 8.76. The molecule has 0 saturated heterocycles. The zero-order valence-corrected chi connectivity index (χ0v) is 13.2. The Balaban J connectivity index is 1.50. The predicted molar refractivity (Wildman–Crippen MR) is 91.8 cm³/mol. The molecule has 120 valence electrons. The number of carbonyl (C=O) groups excluding carboxylic acids is 1. The van der Waals surface area contributed by atoms with Crippen molar-refractivity contribution < 1.29 is 9.32 Å². The minimum absolute atomic E-state index is 0.107. The number of aryl methyl sites for hydroxylation is 2. The molecule has 24 heavy (non-hydrogen) atoms. The number of aromatic nitrogens is 3. The molecule has 0 atom stereocenters. The predicted octanol–water partition coefficient (Wildman–Crippen LogP) is 3.58. The zero-order valence-electron chi connectivity index (χ0n) is 13.2. The molecule has 0 bridgehead atoms. The second-order valence-electron chi connectivity index (χ2n) is 5.76. The SMILES string of the molecule is Cc1cc(NC(=O)CCc2cc3c(cn2)[nH]c2ccccc23)no1. The highest BCUT2D eigenvalue weighted by Gasteiger charge is 2.09. The number of amides is 1. The second kappa shape index (κ2) is 5.81. The van der Waals surface area contributed by atoms with Crippen molar-refractivity contribution >= 4 is 33.5 Å². The highest BCUT2D eigenvalue weighted by molar-refractivity contribution is 6.06. The summed E-state index contributed by atoms with van der Waals surface area (Å²) in [5.74, 6) is 0.999. The van der Waals surface area contributed by atoms with Crippen LogP contribution in [0.2, 0.25) is 0 Å². The first-order valence-electron chi connectivity index (χ1n) is 7.77. The first kappa shape index (κ1) is 14.4. The van der Waals surface area contributed by atoms with Gasteiger partial charge in [-0.1, -0.05) is 23.4 Å². The summed E-state index contributed by atoms with van der Waals surface area (Å²) in [6, 6.07) is 11.9. The Labute approximate surface area is 137 Å². The van der Waals surface area contributed by atoms with Crippen molar-refractivity contribution in [3.8, 4) is 0 Å². The number of carbonyl (C=O) groups is 1. The number of para-hydroxylation sites is 1. The van der Waals surface area contributed by atoms with E-state index in [0.717, 1.165) is 22.1 Å². The Kier molecular flexibility index (Phi) is 3.49. The monoisotopic (exact) mass is 320 g/mol. The van der Waals surface area contributed by atoms with Crippen LogP contribution in [0.5, 0.6) is 0 Å². The largest absolute Gasteiger partial charge is 0.360 e. The number of fused-ring (bicyclic) bond motifs is 3. The minimum Gasteiger partial charge on any atom is -0.360 e. The molecule has 2 N–H and O–H groups in total. The highest BCUT2D eigenvalue weighted by atomic mass is 16.5. The van der Waals surface area contributed by atoms with Crippen LogP contribution in [0.15, 0.2) is 47.1 Å². The molecular formula is C18H16N4O2. The van der Waals surface area contributed by atoms with Gasteiger partial charge in [0, 0.05) is 34.5 Å². The lowest BCUT2D eigenvalue weighted by Gasteiger charge is -2.02. The van der Waals surface area contributed by atoms with E-state index in [9.17, 15) is 4.79 Å². The highest BCUT2D eigenvalue weighted by Crippen LogP contribution is 2.25. The third-order valence-corrected chi connectivity index (χ3v) is 3.95. The maximum absolute atomic E-state index is 12.0. The average molecular weight is 320 g/mol. The molecule has 0 fully saturated rings. The molecule has 0 unspecified atom stereocenters. The summed E-state index contributed by atoms with van der Waals surface area (Å²) >= 11 is 0. The van der Waals surface area contributed by atoms with Crippen LogP contribution < -0.4 is 5.32 Å². The fraction of sp³-hybridized carbons (Fsp3) is 0.167. The number of nitrogens with zero attached hydrogens (tertiary/aromatic N) is 2. The lowest BCUT2D eigenvalue weighted by Crippen LogP contribution is -2.12. The summed E-state index contributed by atoms with van der Waals surface area (Å²) in [7, 11) is 0. The fourth-order valence-electron chi connectivity index (χ4n) is 2.80. The molecule has 0 aliphatic heterocycles. The van der Waals surface area contributed by atoms with Gasteiger partial charge in [-0.2, -0.15) is 0 Å². The van der Waals surface area contributed by atoms with E-state index in [0.29, 0.717) is 24.4 Å². The topological polar surface area (TPSA) is 83.8 Å². The van der Waals surface area contributed by atoms with Crippen LogP contribution in [0.4, 0.5) is 5.82 Å². The van der Waals surface area contributed by atoms with Crippen molar-refractivity contribution in [1.82, 2.24) is 15.1 Å². The number of nitrogens with one attached hydrogen (secondary N) is 2. The number of pyridine rings is 1. The van der Waals surface area contributed by atoms with E-state index in [1.165, 1.54) is 5.39 Å². The molecule has 3 aromatic heterocycles. The Morgan fingerprint density at radius 2 is 2.08 bits per heavy atom. The number of anilines is 1. The summed E-state index contributed by atoms with van der Waals surface area (Å²) in [6.45, 7) is 1.78. The summed E-state index contributed by atoms with van der Waals surface area (Å²) < 4.78 is 4.93. The van der Waals surface area contributed by atoms with E-state index in [1.807, 2.05) is 30.5 Å². The molecule has 0 aliphatic rings. The standard InChI is InChI=1S/C18H16N4O2/c1-11-8-17(22-24-11)21-18(23)7-6-12-9-14-13-4-2-3-5-15(13)20-16(14)10-19-12/h2-5,8-10,20H,6-7H2,1H3,(H,21,22,23). The molecule has 3 heterocycles. The van der Waals surface area contributed by atoms with Gasteiger partial charge in [0.2, 0.25) is 5.91 Å². The van der Waals surface area contributed by atoms with Gasteiger partial charge in [0.05, 0.1) is 11.7 Å². The van der Waals surface area contributed by atoms with Gasteiger partial charge in [0.15, 0.2) is 5.82 Å². The Bertz CT molecular complexity index is 1030. The number of hydrogen-bond acceptors (Lipinski definition) is 4. The number of benzene rings is 1. The number of hydrogen-bond donors (Lipinski definition) is 2. The third kappa shape index (κ3) is 2.74. The molecule has 4 rings (SSSR count). The van der Waals surface area contributed by atoms with Gasteiger partial charge in [-0.25, -0.2) is 0 Å². The molecule has 6 heteroatoms. The second-order valence-corrected chi connectivity index (χ2v) is 5.76. The molecule has 6 nitrogen and oxygen atoms in total. The minimum atomic E-state index is -0.107. The molecule has 4 aromatic rings. The molecule has 0 spiro atoms. The first-order valence-corrected chi connectivity index (χ1v) is 7.77. The number of aromatic amines is 1. The van der Waals surface area contributed by atoms with Crippen LogP contribution in [-0.4, -0.2) is 21.0 Å². The maximum Gasteiger partial charge on any atom is 0.226 e. The van der Waals surface area contributed by atoms with Crippen LogP contribution in [-0.2, 0) is 11.2 Å². The first-order chi connectivity index (χ1) is 11.7. The van der Waals surface area contributed by atoms with Crippen molar-refractivity contribution in [3.05, 3.63) is 54.0 Å². The Morgan fingerprint density at radius 1 is 1.21 bits per heavy atom. The third-order valence-electron chi connectivity index (χ3n) is 3.95.